The highest BCUT2D eigenvalue weighted by molar-refractivity contribution is 5.89. The second kappa shape index (κ2) is 6.42. The minimum absolute atomic E-state index is 0. The maximum absolute atomic E-state index is 14.0. The van der Waals surface area contributed by atoms with E-state index < -0.39 is 5.54 Å². The van der Waals surface area contributed by atoms with Gasteiger partial charge in [-0.05, 0) is 56.2 Å². The molecule has 0 saturated heterocycles. The van der Waals surface area contributed by atoms with E-state index in [9.17, 15) is 9.18 Å². The van der Waals surface area contributed by atoms with Crippen LogP contribution in [0.15, 0.2) is 18.2 Å². The molecule has 2 aliphatic carbocycles. The molecule has 6 heteroatoms. The molecule has 0 heterocycles. The van der Waals surface area contributed by atoms with Gasteiger partial charge < -0.3 is 15.8 Å². The van der Waals surface area contributed by atoms with Crippen molar-refractivity contribution >= 4 is 18.3 Å². The van der Waals surface area contributed by atoms with Crippen molar-refractivity contribution in [2.75, 3.05) is 6.61 Å². The van der Waals surface area contributed by atoms with Crippen LogP contribution in [-0.4, -0.2) is 18.1 Å². The van der Waals surface area contributed by atoms with Crippen LogP contribution < -0.4 is 15.8 Å². The van der Waals surface area contributed by atoms with Crippen LogP contribution >= 0.6 is 12.4 Å². The summed E-state index contributed by atoms with van der Waals surface area (Å²) in [5.41, 5.74) is 5.84. The lowest BCUT2D eigenvalue weighted by Crippen LogP contribution is -2.43. The summed E-state index contributed by atoms with van der Waals surface area (Å²) in [6.07, 6.45) is 3.77. The normalized spacial score (nSPS) is 19.8. The predicted octanol–water partition coefficient (Wildman–Crippen LogP) is 2.70. The van der Waals surface area contributed by atoms with Gasteiger partial charge in [-0.15, -0.1) is 12.4 Å². The number of benzene rings is 1. The number of hydrogen-bond acceptors (Lipinski definition) is 3. The van der Waals surface area contributed by atoms with Crippen LogP contribution in [0.4, 0.5) is 4.39 Å². The molecular formula is C16H22ClFN2O2. The fraction of sp³-hybridized carbons (Fsp3) is 0.562. The molecule has 1 aromatic rings. The quantitative estimate of drug-likeness (QED) is 0.844. The van der Waals surface area contributed by atoms with Gasteiger partial charge in [0.05, 0.1) is 18.2 Å². The molecule has 2 saturated carbocycles. The van der Waals surface area contributed by atoms with Gasteiger partial charge in [-0.2, -0.15) is 0 Å². The minimum Gasteiger partial charge on any atom is -0.490 e. The van der Waals surface area contributed by atoms with Crippen LogP contribution in [0.5, 0.6) is 5.75 Å². The van der Waals surface area contributed by atoms with E-state index >= 15 is 0 Å². The third-order valence-corrected chi connectivity index (χ3v) is 4.22. The Hall–Kier alpha value is -1.33. The first-order valence-electron chi connectivity index (χ1n) is 7.50. The molecule has 0 aliphatic heterocycles. The summed E-state index contributed by atoms with van der Waals surface area (Å²) < 4.78 is 19.5. The van der Waals surface area contributed by atoms with Crippen molar-refractivity contribution in [3.63, 3.8) is 0 Å². The molecule has 3 N–H and O–H groups in total. The van der Waals surface area contributed by atoms with Crippen LogP contribution in [0.2, 0.25) is 0 Å². The number of halogens is 2. The average Bonchev–Trinajstić information content (AvgIpc) is 3.34. The van der Waals surface area contributed by atoms with Crippen LogP contribution in [0.3, 0.4) is 0 Å². The highest BCUT2D eigenvalue weighted by Gasteiger charge is 2.46. The van der Waals surface area contributed by atoms with E-state index in [1.54, 1.807) is 12.1 Å². The van der Waals surface area contributed by atoms with Crippen molar-refractivity contribution in [1.82, 2.24) is 5.32 Å². The zero-order valence-corrected chi connectivity index (χ0v) is 13.4. The van der Waals surface area contributed by atoms with E-state index in [1.807, 2.05) is 6.92 Å². The maximum Gasteiger partial charge on any atom is 0.240 e. The minimum atomic E-state index is -0.708. The van der Waals surface area contributed by atoms with Crippen LogP contribution in [-0.2, 0) is 4.79 Å². The average molecular weight is 329 g/mol. The van der Waals surface area contributed by atoms with Crippen molar-refractivity contribution in [2.24, 2.45) is 11.7 Å². The van der Waals surface area contributed by atoms with Crippen molar-refractivity contribution < 1.29 is 13.9 Å². The standard InChI is InChI=1S/C16H21FN2O2.ClH/c1-10(19-15(20)16(18)6-7-16)12-4-5-14(13(17)8-12)21-9-11-2-3-11;/h4-5,8,10-11H,2-3,6-7,9,18H2,1H3,(H,19,20);1H. The van der Waals surface area contributed by atoms with Crippen LogP contribution in [0.25, 0.3) is 0 Å². The summed E-state index contributed by atoms with van der Waals surface area (Å²) in [7, 11) is 0. The van der Waals surface area contributed by atoms with E-state index in [0.29, 0.717) is 30.9 Å². The zero-order valence-electron chi connectivity index (χ0n) is 12.6. The van der Waals surface area contributed by atoms with Crippen molar-refractivity contribution in [3.8, 4) is 5.75 Å². The van der Waals surface area contributed by atoms with Crippen LogP contribution in [0, 0.1) is 11.7 Å². The molecule has 1 aromatic carbocycles. The molecule has 3 rings (SSSR count). The number of nitrogens with two attached hydrogens (primary N) is 1. The lowest BCUT2D eigenvalue weighted by Gasteiger charge is -2.18. The fourth-order valence-corrected chi connectivity index (χ4v) is 2.18. The molecule has 0 radical (unpaired) electrons. The molecule has 1 atom stereocenters. The Labute approximate surface area is 136 Å². The summed E-state index contributed by atoms with van der Waals surface area (Å²) in [4.78, 5) is 11.9. The topological polar surface area (TPSA) is 64.4 Å². The molecule has 1 amide bonds. The van der Waals surface area contributed by atoms with Gasteiger partial charge in [0.25, 0.3) is 0 Å². The Morgan fingerprint density at radius 1 is 1.50 bits per heavy atom. The first-order valence-corrected chi connectivity index (χ1v) is 7.50. The summed E-state index contributed by atoms with van der Waals surface area (Å²) in [5.74, 6) is 0.316. The first-order chi connectivity index (χ1) is 9.98. The number of hydrogen-bond donors (Lipinski definition) is 2. The fourth-order valence-electron chi connectivity index (χ4n) is 2.18. The Kier molecular flexibility index (Phi) is 4.97. The smallest absolute Gasteiger partial charge is 0.240 e. The van der Waals surface area contributed by atoms with E-state index in [1.165, 1.54) is 18.9 Å². The van der Waals surface area contributed by atoms with Gasteiger partial charge in [-0.1, -0.05) is 6.07 Å². The van der Waals surface area contributed by atoms with Gasteiger partial charge in [0.15, 0.2) is 11.6 Å². The van der Waals surface area contributed by atoms with E-state index in [-0.39, 0.29) is 35.9 Å². The summed E-state index contributed by atoms with van der Waals surface area (Å²) in [6, 6.07) is 4.56. The summed E-state index contributed by atoms with van der Waals surface area (Å²) in [6.45, 7) is 2.40. The van der Waals surface area contributed by atoms with E-state index in [0.717, 1.165) is 0 Å². The van der Waals surface area contributed by atoms with Gasteiger partial charge in [0.2, 0.25) is 5.91 Å². The lowest BCUT2D eigenvalue weighted by molar-refractivity contribution is -0.123. The van der Waals surface area contributed by atoms with Gasteiger partial charge in [0, 0.05) is 0 Å². The summed E-state index contributed by atoms with van der Waals surface area (Å²) >= 11 is 0. The number of amides is 1. The number of nitrogens with one attached hydrogen (secondary N) is 1. The molecule has 22 heavy (non-hydrogen) atoms. The molecule has 0 bridgehead atoms. The monoisotopic (exact) mass is 328 g/mol. The Morgan fingerprint density at radius 3 is 2.73 bits per heavy atom. The Balaban J connectivity index is 0.00000176. The Bertz CT molecular complexity index is 559. The van der Waals surface area contributed by atoms with Gasteiger partial charge in [-0.25, -0.2) is 4.39 Å². The highest BCUT2D eigenvalue weighted by Crippen LogP contribution is 2.33. The second-order valence-electron chi connectivity index (χ2n) is 6.30. The predicted molar refractivity (Wildman–Crippen MR) is 84.6 cm³/mol. The van der Waals surface area contributed by atoms with Crippen LogP contribution in [0.1, 0.15) is 44.2 Å². The second-order valence-corrected chi connectivity index (χ2v) is 6.30. The molecule has 1 unspecified atom stereocenters. The SMILES string of the molecule is CC(NC(=O)C1(N)CC1)c1ccc(OCC2CC2)c(F)c1.Cl. The van der Waals surface area contributed by atoms with Gasteiger partial charge in [0.1, 0.15) is 0 Å². The Morgan fingerprint density at radius 2 is 2.18 bits per heavy atom. The largest absolute Gasteiger partial charge is 0.490 e. The van der Waals surface area contributed by atoms with E-state index in [2.05, 4.69) is 5.32 Å². The maximum atomic E-state index is 14.0. The molecule has 4 nitrogen and oxygen atoms in total. The number of ether oxygens (including phenoxy) is 1. The zero-order chi connectivity index (χ0) is 15.0. The molecular weight excluding hydrogens is 307 g/mol. The number of carbonyl (C=O) groups is 1. The summed E-state index contributed by atoms with van der Waals surface area (Å²) in [5, 5.41) is 2.83. The molecule has 122 valence electrons. The third kappa shape index (κ3) is 3.90. The lowest BCUT2D eigenvalue weighted by atomic mass is 10.1. The first kappa shape index (κ1) is 17.0. The van der Waals surface area contributed by atoms with Gasteiger partial charge >= 0.3 is 0 Å². The highest BCUT2D eigenvalue weighted by atomic mass is 35.5. The number of carbonyl (C=O) groups excluding carboxylic acids is 1. The van der Waals surface area contributed by atoms with Crippen molar-refractivity contribution in [1.29, 1.82) is 0 Å². The molecule has 0 spiro atoms. The van der Waals surface area contributed by atoms with E-state index in [4.69, 9.17) is 10.5 Å². The molecule has 2 fully saturated rings. The van der Waals surface area contributed by atoms with Crippen molar-refractivity contribution in [3.05, 3.63) is 29.6 Å². The number of rotatable bonds is 6. The van der Waals surface area contributed by atoms with Crippen molar-refractivity contribution in [2.45, 2.75) is 44.2 Å². The third-order valence-electron chi connectivity index (χ3n) is 4.22. The molecule has 2 aliphatic rings. The van der Waals surface area contributed by atoms with Gasteiger partial charge in [-0.3, -0.25) is 4.79 Å². The molecule has 0 aromatic heterocycles.